The molecule has 0 saturated carbocycles. The molecule has 1 atom stereocenters. The van der Waals surface area contributed by atoms with Crippen molar-refractivity contribution in [3.05, 3.63) is 66.1 Å². The second-order valence-corrected chi connectivity index (χ2v) is 7.73. The average molecular weight is 361 g/mol. The van der Waals surface area contributed by atoms with Crippen molar-refractivity contribution in [3.8, 4) is 0 Å². The van der Waals surface area contributed by atoms with Crippen LogP contribution in [-0.4, -0.2) is 26.9 Å². The van der Waals surface area contributed by atoms with Crippen LogP contribution in [0.5, 0.6) is 0 Å². The van der Waals surface area contributed by atoms with Gasteiger partial charge in [0.15, 0.2) is 0 Å². The molecule has 140 valence electrons. The largest absolute Gasteiger partial charge is 0.345 e. The number of pyridine rings is 1. The Kier molecular flexibility index (Phi) is 4.97. The number of nitrogens with zero attached hydrogens (tertiary/aromatic N) is 3. The quantitative estimate of drug-likeness (QED) is 0.662. The zero-order valence-corrected chi connectivity index (χ0v) is 16.1. The number of para-hydroxylation sites is 1. The van der Waals surface area contributed by atoms with Gasteiger partial charge >= 0.3 is 0 Å². The molecule has 4 nitrogen and oxygen atoms in total. The van der Waals surface area contributed by atoms with E-state index in [4.69, 9.17) is 0 Å². The first-order chi connectivity index (χ1) is 13.1. The fourth-order valence-electron chi connectivity index (χ4n) is 4.26. The van der Waals surface area contributed by atoms with E-state index in [2.05, 4.69) is 64.8 Å². The van der Waals surface area contributed by atoms with Crippen molar-refractivity contribution in [3.63, 3.8) is 0 Å². The summed E-state index contributed by atoms with van der Waals surface area (Å²) in [6.07, 6.45) is 9.57. The number of hydrogen-bond donors (Lipinski definition) is 0. The summed E-state index contributed by atoms with van der Waals surface area (Å²) in [5, 5.41) is 1.19. The average Bonchev–Trinajstić information content (AvgIpc) is 3.07. The molecule has 1 saturated heterocycles. The molecule has 1 aromatic carbocycles. The molecule has 27 heavy (non-hydrogen) atoms. The van der Waals surface area contributed by atoms with Gasteiger partial charge in [-0.25, -0.2) is 0 Å². The van der Waals surface area contributed by atoms with Gasteiger partial charge in [0.1, 0.15) is 0 Å². The molecule has 0 N–H and O–H groups in total. The van der Waals surface area contributed by atoms with E-state index < -0.39 is 0 Å². The Morgan fingerprint density at radius 3 is 2.81 bits per heavy atom. The highest BCUT2D eigenvalue weighted by Gasteiger charge is 2.28. The third kappa shape index (κ3) is 3.48. The Hall–Kier alpha value is -2.62. The molecule has 1 fully saturated rings. The smallest absolute Gasteiger partial charge is 0.227 e. The fraction of sp³-hybridized carbons (Fsp3) is 0.391. The normalized spacial score (nSPS) is 17.6. The number of benzene rings is 1. The number of carbonyl (C=O) groups excluding carboxylic acids is 1. The zero-order valence-electron chi connectivity index (χ0n) is 16.1. The summed E-state index contributed by atoms with van der Waals surface area (Å²) in [6.45, 7) is 5.20. The molecule has 4 rings (SSSR count). The van der Waals surface area contributed by atoms with Gasteiger partial charge in [0.05, 0.1) is 12.5 Å². The predicted octanol–water partition coefficient (Wildman–Crippen LogP) is 4.91. The van der Waals surface area contributed by atoms with Crippen LogP contribution in [0.2, 0.25) is 0 Å². The Labute approximate surface area is 160 Å². The second kappa shape index (κ2) is 7.55. The van der Waals surface area contributed by atoms with E-state index in [0.717, 1.165) is 36.9 Å². The van der Waals surface area contributed by atoms with Crippen LogP contribution >= 0.6 is 0 Å². The summed E-state index contributed by atoms with van der Waals surface area (Å²) >= 11 is 0. The van der Waals surface area contributed by atoms with Gasteiger partial charge in [0.25, 0.3) is 0 Å². The first kappa shape index (κ1) is 17.8. The summed E-state index contributed by atoms with van der Waals surface area (Å²) < 4.78 is 2.27. The minimum atomic E-state index is 0.151. The molecule has 1 aliphatic rings. The third-order valence-electron chi connectivity index (χ3n) is 5.61. The van der Waals surface area contributed by atoms with Crippen molar-refractivity contribution in [2.45, 2.75) is 51.6 Å². The molecule has 0 spiro atoms. The summed E-state index contributed by atoms with van der Waals surface area (Å²) in [4.78, 5) is 19.6. The molecule has 3 aromatic rings. The lowest BCUT2D eigenvalue weighted by atomic mass is 9.95. The van der Waals surface area contributed by atoms with Gasteiger partial charge in [-0.2, -0.15) is 0 Å². The number of fused-ring (bicyclic) bond motifs is 1. The van der Waals surface area contributed by atoms with Gasteiger partial charge in [-0.05, 0) is 56.4 Å². The minimum Gasteiger partial charge on any atom is -0.345 e. The van der Waals surface area contributed by atoms with Crippen molar-refractivity contribution in [2.75, 3.05) is 6.54 Å². The van der Waals surface area contributed by atoms with Gasteiger partial charge < -0.3 is 9.47 Å². The second-order valence-electron chi connectivity index (χ2n) is 7.73. The monoisotopic (exact) mass is 361 g/mol. The molecule has 2 aromatic heterocycles. The molecule has 1 aliphatic heterocycles. The number of piperidine rings is 1. The van der Waals surface area contributed by atoms with Crippen LogP contribution in [-0.2, 0) is 11.2 Å². The van der Waals surface area contributed by atoms with E-state index in [1.165, 1.54) is 10.9 Å². The van der Waals surface area contributed by atoms with E-state index in [9.17, 15) is 4.79 Å². The van der Waals surface area contributed by atoms with Gasteiger partial charge in [-0.15, -0.1) is 0 Å². The number of likely N-dealkylation sites (tertiary alicyclic amines) is 1. The number of rotatable bonds is 4. The maximum absolute atomic E-state index is 13.3. The van der Waals surface area contributed by atoms with Crippen LogP contribution in [0.15, 0.2) is 55.0 Å². The summed E-state index contributed by atoms with van der Waals surface area (Å²) in [6, 6.07) is 13.0. The van der Waals surface area contributed by atoms with E-state index in [-0.39, 0.29) is 11.9 Å². The van der Waals surface area contributed by atoms with E-state index in [0.29, 0.717) is 12.5 Å². The van der Waals surface area contributed by atoms with Gasteiger partial charge in [-0.3, -0.25) is 9.78 Å². The Bertz CT molecular complexity index is 929. The number of hydrogen-bond acceptors (Lipinski definition) is 2. The van der Waals surface area contributed by atoms with Gasteiger partial charge in [0, 0.05) is 42.1 Å². The number of aromatic nitrogens is 2. The molecular formula is C23H27N3O. The van der Waals surface area contributed by atoms with Crippen LogP contribution in [0.4, 0.5) is 0 Å². The van der Waals surface area contributed by atoms with Crippen molar-refractivity contribution in [1.82, 2.24) is 14.5 Å². The van der Waals surface area contributed by atoms with Crippen LogP contribution in [0.25, 0.3) is 10.9 Å². The van der Waals surface area contributed by atoms with Crippen molar-refractivity contribution >= 4 is 16.8 Å². The van der Waals surface area contributed by atoms with Crippen LogP contribution in [0, 0.1) is 0 Å². The lowest BCUT2D eigenvalue weighted by Crippen LogP contribution is -2.39. The molecule has 1 amide bonds. The highest BCUT2D eigenvalue weighted by molar-refractivity contribution is 5.89. The maximum Gasteiger partial charge on any atom is 0.227 e. The van der Waals surface area contributed by atoms with Crippen molar-refractivity contribution < 1.29 is 4.79 Å². The molecule has 0 aliphatic carbocycles. The summed E-state index contributed by atoms with van der Waals surface area (Å²) in [5.41, 5.74) is 3.48. The molecular weight excluding hydrogens is 334 g/mol. The van der Waals surface area contributed by atoms with Crippen molar-refractivity contribution in [2.24, 2.45) is 0 Å². The zero-order chi connectivity index (χ0) is 18.8. The van der Waals surface area contributed by atoms with E-state index >= 15 is 0 Å². The Balaban J connectivity index is 1.62. The topological polar surface area (TPSA) is 38.1 Å². The summed E-state index contributed by atoms with van der Waals surface area (Å²) in [7, 11) is 0. The summed E-state index contributed by atoms with van der Waals surface area (Å²) in [5.74, 6) is 0.218. The van der Waals surface area contributed by atoms with Gasteiger partial charge in [0.2, 0.25) is 5.91 Å². The number of carbonyl (C=O) groups is 1. The molecule has 0 bridgehead atoms. The minimum absolute atomic E-state index is 0.151. The first-order valence-electron chi connectivity index (χ1n) is 9.93. The first-order valence-corrected chi connectivity index (χ1v) is 9.93. The number of amides is 1. The highest BCUT2D eigenvalue weighted by Crippen LogP contribution is 2.32. The lowest BCUT2D eigenvalue weighted by molar-refractivity contribution is -0.134. The van der Waals surface area contributed by atoms with Crippen LogP contribution < -0.4 is 0 Å². The SMILES string of the molecule is CC(C)n1cc(CC(=O)N2CCCC[C@H]2c2cccnc2)c2ccccc21. The maximum atomic E-state index is 13.3. The van der Waals surface area contributed by atoms with Gasteiger partial charge in [-0.1, -0.05) is 24.3 Å². The van der Waals surface area contributed by atoms with Crippen molar-refractivity contribution in [1.29, 1.82) is 0 Å². The Morgan fingerprint density at radius 2 is 2.04 bits per heavy atom. The predicted molar refractivity (Wildman–Crippen MR) is 109 cm³/mol. The third-order valence-corrected chi connectivity index (χ3v) is 5.61. The fourth-order valence-corrected chi connectivity index (χ4v) is 4.26. The molecule has 0 unspecified atom stereocenters. The molecule has 4 heteroatoms. The standard InChI is InChI=1S/C23H27N3O/c1-17(2)26-16-19(20-9-3-4-11-22(20)26)14-23(27)25-13-6-5-10-21(25)18-8-7-12-24-15-18/h3-4,7-9,11-12,15-17,21H,5-6,10,13-14H2,1-2H3/t21-/m0/s1. The van der Waals surface area contributed by atoms with E-state index in [1.807, 2.05) is 12.3 Å². The highest BCUT2D eigenvalue weighted by atomic mass is 16.2. The van der Waals surface area contributed by atoms with Crippen LogP contribution in [0.1, 0.15) is 56.3 Å². The van der Waals surface area contributed by atoms with Crippen LogP contribution in [0.3, 0.4) is 0 Å². The lowest BCUT2D eigenvalue weighted by Gasteiger charge is -2.36. The molecule has 3 heterocycles. The Morgan fingerprint density at radius 1 is 1.19 bits per heavy atom. The van der Waals surface area contributed by atoms with E-state index in [1.54, 1.807) is 6.20 Å². The molecule has 0 radical (unpaired) electrons.